The second-order valence-corrected chi connectivity index (χ2v) is 16.2. The maximum Gasteiger partial charge on any atom is 0.311 e. The molecule has 0 unspecified atom stereocenters. The van der Waals surface area contributed by atoms with Crippen LogP contribution in [0.25, 0.3) is 22.6 Å². The number of ether oxygens (including phenoxy) is 1. The third kappa shape index (κ3) is 6.20. The van der Waals surface area contributed by atoms with Crippen molar-refractivity contribution in [3.63, 3.8) is 0 Å². The number of esters is 1. The van der Waals surface area contributed by atoms with Gasteiger partial charge in [-0.05, 0) is 71.8 Å². The quantitative estimate of drug-likeness (QED) is 0.114. The smallest absolute Gasteiger partial charge is 0.311 e. The van der Waals surface area contributed by atoms with Gasteiger partial charge in [0.25, 0.3) is 0 Å². The summed E-state index contributed by atoms with van der Waals surface area (Å²) in [6.45, 7) is 1.52. The predicted octanol–water partition coefficient (Wildman–Crippen LogP) is 9.33. The summed E-state index contributed by atoms with van der Waals surface area (Å²) in [5.41, 5.74) is 6.87. The molecule has 1 aliphatic heterocycles. The lowest BCUT2D eigenvalue weighted by Crippen LogP contribution is -2.51. The summed E-state index contributed by atoms with van der Waals surface area (Å²) in [6, 6.07) is 42.1. The monoisotopic (exact) mass is 785 g/mol. The molecule has 2 bridgehead atoms. The van der Waals surface area contributed by atoms with Gasteiger partial charge in [-0.3, -0.25) is 4.79 Å². The SMILES string of the molecule is COC(=O)[C@H]1C2CCC(CC2)[C@@H]1Nc1cc(N2CCc3ccccc3C2)nc(-c2cn(C(c3ccccc3)(c3ccccc3)c3ccccc3)c3ncc(Cl)nc23)n1. The van der Waals surface area contributed by atoms with Crippen LogP contribution in [-0.4, -0.2) is 50.2 Å². The first-order valence-electron chi connectivity index (χ1n) is 20.3. The molecular weight excluding hydrogens is 742 g/mol. The summed E-state index contributed by atoms with van der Waals surface area (Å²) in [7, 11) is 1.50. The molecule has 10 heteroatoms. The van der Waals surface area contributed by atoms with Crippen molar-refractivity contribution >= 4 is 40.4 Å². The minimum Gasteiger partial charge on any atom is -0.469 e. The number of hydrogen-bond donors (Lipinski definition) is 1. The number of fused-ring (bicyclic) bond motifs is 5. The van der Waals surface area contributed by atoms with Crippen molar-refractivity contribution in [2.45, 2.75) is 50.2 Å². The van der Waals surface area contributed by atoms with Crippen LogP contribution in [0.5, 0.6) is 0 Å². The van der Waals surface area contributed by atoms with Crippen molar-refractivity contribution in [1.29, 1.82) is 0 Å². The standard InChI is InChI=1S/C48H44ClN7O2/c1-58-47(57)42-32-21-23-33(24-22-32)43(42)52-40-27-41(55-26-25-31-13-11-12-14-34(31)29-55)54-45(53-40)38-30-56(46-44(38)51-39(49)28-50-46)48(35-15-5-2-6-16-35,36-17-7-3-8-18-36)37-19-9-4-10-20-37/h2-20,27-28,30,32-33,42-43H,21-26,29H2,1H3,(H,52,53,54)/t32?,33?,42-,43-/m0/s1. The van der Waals surface area contributed by atoms with E-state index in [2.05, 4.69) is 118 Å². The molecule has 2 atom stereocenters. The van der Waals surface area contributed by atoms with Crippen molar-refractivity contribution in [3.05, 3.63) is 167 Å². The Morgan fingerprint density at radius 3 is 2.02 bits per heavy atom. The van der Waals surface area contributed by atoms with Crippen LogP contribution in [0.1, 0.15) is 53.5 Å². The highest BCUT2D eigenvalue weighted by Crippen LogP contribution is 2.48. The molecule has 4 heterocycles. The largest absolute Gasteiger partial charge is 0.469 e. The normalized spacial score (nSPS) is 20.1. The van der Waals surface area contributed by atoms with Gasteiger partial charge < -0.3 is 19.5 Å². The molecule has 11 rings (SSSR count). The van der Waals surface area contributed by atoms with Gasteiger partial charge in [0, 0.05) is 31.4 Å². The first-order valence-corrected chi connectivity index (χ1v) is 20.6. The van der Waals surface area contributed by atoms with Gasteiger partial charge in [-0.15, -0.1) is 0 Å². The highest BCUT2D eigenvalue weighted by Gasteiger charge is 2.48. The number of anilines is 2. The van der Waals surface area contributed by atoms with Crippen molar-refractivity contribution in [2.75, 3.05) is 23.9 Å². The zero-order valence-electron chi connectivity index (χ0n) is 32.3. The fraction of sp³-hybridized carbons (Fsp3) is 0.271. The van der Waals surface area contributed by atoms with Gasteiger partial charge in [0.05, 0.1) is 24.8 Å². The molecule has 0 saturated heterocycles. The molecule has 0 spiro atoms. The Hall–Kier alpha value is -6.06. The van der Waals surface area contributed by atoms with Gasteiger partial charge in [0.1, 0.15) is 27.8 Å². The fourth-order valence-electron chi connectivity index (χ4n) is 10.1. The summed E-state index contributed by atoms with van der Waals surface area (Å²) < 4.78 is 7.63. The minimum atomic E-state index is -0.868. The number of methoxy groups -OCH3 is 1. The number of carbonyl (C=O) groups is 1. The second-order valence-electron chi connectivity index (χ2n) is 15.9. The van der Waals surface area contributed by atoms with E-state index in [9.17, 15) is 4.79 Å². The number of nitrogens with zero attached hydrogens (tertiary/aromatic N) is 6. The van der Waals surface area contributed by atoms with Crippen molar-refractivity contribution in [2.24, 2.45) is 17.8 Å². The topological polar surface area (TPSA) is 98.1 Å². The summed E-state index contributed by atoms with van der Waals surface area (Å²) in [5.74, 6) is 2.20. The van der Waals surface area contributed by atoms with Crippen LogP contribution in [0.4, 0.5) is 11.6 Å². The van der Waals surface area contributed by atoms with E-state index in [4.69, 9.17) is 36.3 Å². The molecule has 3 aromatic heterocycles. The Bertz CT molecular complexity index is 2500. The molecule has 7 aromatic rings. The van der Waals surface area contributed by atoms with Crippen molar-refractivity contribution < 1.29 is 9.53 Å². The van der Waals surface area contributed by atoms with Crippen LogP contribution in [-0.2, 0) is 28.0 Å². The molecule has 9 nitrogen and oxygen atoms in total. The van der Waals surface area contributed by atoms with Crippen LogP contribution in [0.15, 0.2) is 134 Å². The van der Waals surface area contributed by atoms with Gasteiger partial charge >= 0.3 is 5.97 Å². The molecule has 290 valence electrons. The van der Waals surface area contributed by atoms with Gasteiger partial charge in [-0.25, -0.2) is 19.9 Å². The third-order valence-electron chi connectivity index (χ3n) is 12.8. The Labute approximate surface area is 343 Å². The van der Waals surface area contributed by atoms with E-state index in [1.165, 1.54) is 18.2 Å². The lowest BCUT2D eigenvalue weighted by Gasteiger charge is -2.47. The zero-order chi connectivity index (χ0) is 39.2. The van der Waals surface area contributed by atoms with Crippen LogP contribution in [0.3, 0.4) is 0 Å². The predicted molar refractivity (Wildman–Crippen MR) is 228 cm³/mol. The average Bonchev–Trinajstić information content (AvgIpc) is 3.66. The lowest BCUT2D eigenvalue weighted by molar-refractivity contribution is -0.152. The number of nitrogens with one attached hydrogen (secondary N) is 1. The summed E-state index contributed by atoms with van der Waals surface area (Å²) in [4.78, 5) is 36.4. The van der Waals surface area contributed by atoms with E-state index in [0.717, 1.165) is 67.7 Å². The third-order valence-corrected chi connectivity index (χ3v) is 13.0. The average molecular weight is 786 g/mol. The van der Waals surface area contributed by atoms with Crippen LogP contribution >= 0.6 is 11.6 Å². The number of halogens is 1. The van der Waals surface area contributed by atoms with Crippen LogP contribution in [0, 0.1) is 17.8 Å². The molecule has 4 aliphatic rings. The molecule has 3 aliphatic carbocycles. The number of aromatic nitrogens is 5. The molecule has 58 heavy (non-hydrogen) atoms. The maximum atomic E-state index is 13.4. The number of benzene rings is 4. The van der Waals surface area contributed by atoms with Crippen molar-refractivity contribution in [1.82, 2.24) is 24.5 Å². The van der Waals surface area contributed by atoms with E-state index < -0.39 is 5.54 Å². The zero-order valence-corrected chi connectivity index (χ0v) is 33.1. The Morgan fingerprint density at radius 1 is 0.776 bits per heavy atom. The number of carbonyl (C=O) groups excluding carboxylic acids is 1. The van der Waals surface area contributed by atoms with E-state index in [1.807, 2.05) is 24.3 Å². The van der Waals surface area contributed by atoms with E-state index in [-0.39, 0.29) is 29.0 Å². The van der Waals surface area contributed by atoms with E-state index in [0.29, 0.717) is 34.3 Å². The maximum absolute atomic E-state index is 13.4. The first-order chi connectivity index (χ1) is 28.5. The first kappa shape index (κ1) is 36.3. The highest BCUT2D eigenvalue weighted by molar-refractivity contribution is 6.29. The number of hydrogen-bond acceptors (Lipinski definition) is 8. The summed E-state index contributed by atoms with van der Waals surface area (Å²) >= 11 is 6.72. The Morgan fingerprint density at radius 2 is 1.38 bits per heavy atom. The second kappa shape index (κ2) is 15.0. The highest BCUT2D eigenvalue weighted by atomic mass is 35.5. The lowest BCUT2D eigenvalue weighted by atomic mass is 9.61. The molecule has 4 aromatic carbocycles. The summed E-state index contributed by atoms with van der Waals surface area (Å²) in [6.07, 6.45) is 8.85. The number of rotatable bonds is 9. The minimum absolute atomic E-state index is 0.102. The Balaban J connectivity index is 1.20. The molecular formula is C48H44ClN7O2. The fourth-order valence-corrected chi connectivity index (χ4v) is 10.3. The molecule has 0 radical (unpaired) electrons. The summed E-state index contributed by atoms with van der Waals surface area (Å²) in [5, 5.41) is 4.09. The van der Waals surface area contributed by atoms with Crippen molar-refractivity contribution in [3.8, 4) is 11.4 Å². The molecule has 3 saturated carbocycles. The van der Waals surface area contributed by atoms with Crippen LogP contribution in [0.2, 0.25) is 5.15 Å². The molecule has 1 N–H and O–H groups in total. The van der Waals surface area contributed by atoms with Gasteiger partial charge in [-0.1, -0.05) is 127 Å². The van der Waals surface area contributed by atoms with Gasteiger partial charge in [0.15, 0.2) is 11.5 Å². The van der Waals surface area contributed by atoms with Gasteiger partial charge in [0.2, 0.25) is 0 Å². The molecule has 0 amide bonds. The van der Waals surface area contributed by atoms with Crippen LogP contribution < -0.4 is 10.2 Å². The Kier molecular flexibility index (Phi) is 9.40. The van der Waals surface area contributed by atoms with E-state index >= 15 is 0 Å². The van der Waals surface area contributed by atoms with E-state index in [1.54, 1.807) is 6.20 Å². The van der Waals surface area contributed by atoms with Gasteiger partial charge in [-0.2, -0.15) is 0 Å². The molecule has 3 fully saturated rings.